The maximum Gasteiger partial charge on any atom is 0.223 e. The van der Waals surface area contributed by atoms with Crippen LogP contribution < -0.4 is 11.1 Å². The van der Waals surface area contributed by atoms with Crippen LogP contribution in [0, 0.1) is 11.8 Å². The highest BCUT2D eigenvalue weighted by molar-refractivity contribution is 5.78. The van der Waals surface area contributed by atoms with E-state index in [2.05, 4.69) is 24.4 Å². The van der Waals surface area contributed by atoms with E-state index in [1.807, 2.05) is 6.07 Å². The molecule has 1 saturated carbocycles. The van der Waals surface area contributed by atoms with E-state index in [1.165, 1.54) is 36.8 Å². The SMILES string of the molecule is CC(CC1CCCC1)C(=O)NC1CCCc2cc(N)ccc21. The first-order valence-electron chi connectivity index (χ1n) is 8.82. The van der Waals surface area contributed by atoms with Crippen molar-refractivity contribution in [1.82, 2.24) is 5.32 Å². The van der Waals surface area contributed by atoms with Gasteiger partial charge in [-0.05, 0) is 54.9 Å². The first-order valence-corrected chi connectivity index (χ1v) is 8.82. The lowest BCUT2D eigenvalue weighted by molar-refractivity contribution is -0.125. The van der Waals surface area contributed by atoms with Gasteiger partial charge in [0.15, 0.2) is 0 Å². The second-order valence-electron chi connectivity index (χ2n) is 7.20. The van der Waals surface area contributed by atoms with Gasteiger partial charge in [0, 0.05) is 11.6 Å². The molecule has 2 aliphatic carbocycles. The number of aryl methyl sites for hydroxylation is 1. The molecule has 0 spiro atoms. The number of hydrogen-bond donors (Lipinski definition) is 2. The third-order valence-electron chi connectivity index (χ3n) is 5.41. The van der Waals surface area contributed by atoms with Crippen LogP contribution in [0.25, 0.3) is 0 Å². The van der Waals surface area contributed by atoms with Crippen molar-refractivity contribution in [2.24, 2.45) is 11.8 Å². The lowest BCUT2D eigenvalue weighted by atomic mass is 9.86. The molecule has 0 bridgehead atoms. The summed E-state index contributed by atoms with van der Waals surface area (Å²) >= 11 is 0. The number of nitrogen functional groups attached to an aromatic ring is 1. The minimum absolute atomic E-state index is 0.127. The summed E-state index contributed by atoms with van der Waals surface area (Å²) in [5.41, 5.74) is 9.27. The largest absolute Gasteiger partial charge is 0.399 e. The standard InChI is InChI=1S/C19H28N2O/c1-13(11-14-5-2-3-6-14)19(22)21-18-8-4-7-15-12-16(20)9-10-17(15)18/h9-10,12-14,18H,2-8,11,20H2,1H3,(H,21,22). The molecule has 0 radical (unpaired) electrons. The third kappa shape index (κ3) is 3.45. The molecule has 3 heteroatoms. The Morgan fingerprint density at radius 1 is 1.27 bits per heavy atom. The van der Waals surface area contributed by atoms with Crippen LogP contribution in [-0.2, 0) is 11.2 Å². The molecule has 0 saturated heterocycles. The summed E-state index contributed by atoms with van der Waals surface area (Å²) in [5.74, 6) is 1.11. The lowest BCUT2D eigenvalue weighted by Gasteiger charge is -2.28. The molecule has 1 aromatic carbocycles. The van der Waals surface area contributed by atoms with Crippen LogP contribution in [0.4, 0.5) is 5.69 Å². The van der Waals surface area contributed by atoms with Crippen molar-refractivity contribution in [3.8, 4) is 0 Å². The van der Waals surface area contributed by atoms with Gasteiger partial charge in [-0.15, -0.1) is 0 Å². The summed E-state index contributed by atoms with van der Waals surface area (Å²) in [7, 11) is 0. The molecule has 1 amide bonds. The van der Waals surface area contributed by atoms with Crippen molar-refractivity contribution in [2.75, 3.05) is 5.73 Å². The summed E-state index contributed by atoms with van der Waals surface area (Å²) in [6.07, 6.45) is 9.59. The molecule has 3 rings (SSSR count). The molecule has 1 aromatic rings. The van der Waals surface area contributed by atoms with E-state index in [4.69, 9.17) is 5.73 Å². The number of hydrogen-bond acceptors (Lipinski definition) is 2. The third-order valence-corrected chi connectivity index (χ3v) is 5.41. The quantitative estimate of drug-likeness (QED) is 0.826. The van der Waals surface area contributed by atoms with Gasteiger partial charge in [-0.2, -0.15) is 0 Å². The number of carbonyl (C=O) groups excluding carboxylic acids is 1. The zero-order valence-corrected chi connectivity index (χ0v) is 13.6. The average Bonchev–Trinajstić information content (AvgIpc) is 3.00. The van der Waals surface area contributed by atoms with Crippen LogP contribution in [-0.4, -0.2) is 5.91 Å². The maximum atomic E-state index is 12.5. The van der Waals surface area contributed by atoms with Gasteiger partial charge >= 0.3 is 0 Å². The highest BCUT2D eigenvalue weighted by Gasteiger charge is 2.26. The van der Waals surface area contributed by atoms with Crippen molar-refractivity contribution in [3.05, 3.63) is 29.3 Å². The molecule has 0 aliphatic heterocycles. The monoisotopic (exact) mass is 300 g/mol. The van der Waals surface area contributed by atoms with E-state index in [0.717, 1.165) is 37.3 Å². The molecule has 0 heterocycles. The maximum absolute atomic E-state index is 12.5. The number of rotatable bonds is 4. The number of anilines is 1. The Morgan fingerprint density at radius 2 is 2.05 bits per heavy atom. The molecule has 0 aromatic heterocycles. The van der Waals surface area contributed by atoms with Gasteiger partial charge in [0.25, 0.3) is 0 Å². The number of nitrogens with two attached hydrogens (primary N) is 1. The van der Waals surface area contributed by atoms with Crippen LogP contribution in [0.1, 0.15) is 69.0 Å². The fourth-order valence-corrected chi connectivity index (χ4v) is 4.15. The fraction of sp³-hybridized carbons (Fsp3) is 0.632. The van der Waals surface area contributed by atoms with Gasteiger partial charge in [0.05, 0.1) is 6.04 Å². The highest BCUT2D eigenvalue weighted by Crippen LogP contribution is 2.33. The molecule has 120 valence electrons. The second-order valence-corrected chi connectivity index (χ2v) is 7.20. The van der Waals surface area contributed by atoms with Gasteiger partial charge in [-0.25, -0.2) is 0 Å². The second kappa shape index (κ2) is 6.72. The minimum atomic E-state index is 0.127. The molecular weight excluding hydrogens is 272 g/mol. The van der Waals surface area contributed by atoms with E-state index in [0.29, 0.717) is 0 Å². The van der Waals surface area contributed by atoms with Gasteiger partial charge < -0.3 is 11.1 Å². The van der Waals surface area contributed by atoms with Crippen LogP contribution in [0.15, 0.2) is 18.2 Å². The average molecular weight is 300 g/mol. The van der Waals surface area contributed by atoms with Crippen molar-refractivity contribution >= 4 is 11.6 Å². The molecule has 3 nitrogen and oxygen atoms in total. The predicted octanol–water partition coefficient (Wildman–Crippen LogP) is 3.98. The van der Waals surface area contributed by atoms with E-state index >= 15 is 0 Å². The molecule has 2 unspecified atom stereocenters. The first-order chi connectivity index (χ1) is 10.6. The number of nitrogens with one attached hydrogen (secondary N) is 1. The number of carbonyl (C=O) groups is 1. The Labute approximate surface area is 133 Å². The van der Waals surface area contributed by atoms with E-state index in [-0.39, 0.29) is 17.9 Å². The van der Waals surface area contributed by atoms with Crippen molar-refractivity contribution in [1.29, 1.82) is 0 Å². The minimum Gasteiger partial charge on any atom is -0.399 e. The number of fused-ring (bicyclic) bond motifs is 1. The molecule has 1 fully saturated rings. The Bertz CT molecular complexity index is 534. The Hall–Kier alpha value is -1.51. The van der Waals surface area contributed by atoms with Gasteiger partial charge in [0.1, 0.15) is 0 Å². The summed E-state index contributed by atoms with van der Waals surface area (Å²) in [5, 5.41) is 3.29. The molecule has 3 N–H and O–H groups in total. The Balaban J connectivity index is 1.62. The van der Waals surface area contributed by atoms with E-state index < -0.39 is 0 Å². The lowest BCUT2D eigenvalue weighted by Crippen LogP contribution is -2.35. The Morgan fingerprint density at radius 3 is 2.82 bits per heavy atom. The van der Waals surface area contributed by atoms with E-state index in [1.54, 1.807) is 0 Å². The first kappa shape index (κ1) is 15.4. The Kier molecular flexibility index (Phi) is 4.70. The number of benzene rings is 1. The van der Waals surface area contributed by atoms with Crippen LogP contribution >= 0.6 is 0 Å². The molecule has 2 atom stereocenters. The summed E-state index contributed by atoms with van der Waals surface area (Å²) < 4.78 is 0. The van der Waals surface area contributed by atoms with E-state index in [9.17, 15) is 4.79 Å². The zero-order valence-electron chi connectivity index (χ0n) is 13.6. The topological polar surface area (TPSA) is 55.1 Å². The van der Waals surface area contributed by atoms with Gasteiger partial charge in [0.2, 0.25) is 5.91 Å². The van der Waals surface area contributed by atoms with Crippen molar-refractivity contribution in [2.45, 2.75) is 64.3 Å². The van der Waals surface area contributed by atoms with Gasteiger partial charge in [-0.1, -0.05) is 38.7 Å². The van der Waals surface area contributed by atoms with Crippen molar-refractivity contribution in [3.63, 3.8) is 0 Å². The highest BCUT2D eigenvalue weighted by atomic mass is 16.1. The summed E-state index contributed by atoms with van der Waals surface area (Å²) in [6, 6.07) is 6.28. The molecular formula is C19H28N2O. The van der Waals surface area contributed by atoms with Crippen LogP contribution in [0.2, 0.25) is 0 Å². The predicted molar refractivity (Wildman–Crippen MR) is 90.4 cm³/mol. The number of amides is 1. The normalized spacial score (nSPS) is 23.0. The van der Waals surface area contributed by atoms with Crippen molar-refractivity contribution < 1.29 is 4.79 Å². The van der Waals surface area contributed by atoms with Crippen LogP contribution in [0.5, 0.6) is 0 Å². The zero-order chi connectivity index (χ0) is 15.5. The fourth-order valence-electron chi connectivity index (χ4n) is 4.15. The molecule has 22 heavy (non-hydrogen) atoms. The summed E-state index contributed by atoms with van der Waals surface area (Å²) in [6.45, 7) is 2.08. The smallest absolute Gasteiger partial charge is 0.223 e. The summed E-state index contributed by atoms with van der Waals surface area (Å²) in [4.78, 5) is 12.5. The molecule has 2 aliphatic rings. The van der Waals surface area contributed by atoms with Gasteiger partial charge in [-0.3, -0.25) is 4.79 Å². The van der Waals surface area contributed by atoms with Crippen LogP contribution in [0.3, 0.4) is 0 Å².